The summed E-state index contributed by atoms with van der Waals surface area (Å²) in [6.45, 7) is 0.620. The molecule has 0 spiro atoms. The van der Waals surface area contributed by atoms with Gasteiger partial charge in [0, 0.05) is 13.1 Å². The number of carbonyl (C=O) groups excluding carboxylic acids is 2. The molecule has 1 aliphatic rings. The van der Waals surface area contributed by atoms with Gasteiger partial charge in [0.05, 0.1) is 6.04 Å². The fourth-order valence-corrected chi connectivity index (χ4v) is 2.41. The van der Waals surface area contributed by atoms with Gasteiger partial charge in [-0.15, -0.1) is 0 Å². The number of nitrogens with zero attached hydrogens (tertiary/aromatic N) is 2. The predicted molar refractivity (Wildman–Crippen MR) is 82.7 cm³/mol. The van der Waals surface area contributed by atoms with E-state index in [1.165, 1.54) is 0 Å². The zero-order valence-electron chi connectivity index (χ0n) is 12.4. The van der Waals surface area contributed by atoms with Crippen LogP contribution in [0.3, 0.4) is 0 Å². The molecule has 10 heteroatoms. The summed E-state index contributed by atoms with van der Waals surface area (Å²) in [4.78, 5) is 29.5. The molecular weight excluding hydrogens is 288 g/mol. The van der Waals surface area contributed by atoms with Gasteiger partial charge in [-0.25, -0.2) is 0 Å². The van der Waals surface area contributed by atoms with Crippen LogP contribution < -0.4 is 28.7 Å². The van der Waals surface area contributed by atoms with Crippen molar-refractivity contribution in [1.29, 1.82) is 5.41 Å². The zero-order valence-corrected chi connectivity index (χ0v) is 12.4. The van der Waals surface area contributed by atoms with E-state index in [-0.39, 0.29) is 18.9 Å². The summed E-state index contributed by atoms with van der Waals surface area (Å²) >= 11 is 0. The Labute approximate surface area is 128 Å². The second kappa shape index (κ2) is 7.18. The van der Waals surface area contributed by atoms with Crippen molar-refractivity contribution >= 4 is 23.6 Å². The summed E-state index contributed by atoms with van der Waals surface area (Å²) in [6, 6.07) is -0.893. The van der Waals surface area contributed by atoms with Gasteiger partial charge < -0.3 is 28.7 Å². The molecule has 1 aliphatic heterocycles. The van der Waals surface area contributed by atoms with Gasteiger partial charge in [0.25, 0.3) is 5.91 Å². The molecule has 0 saturated carbocycles. The molecule has 1 saturated heterocycles. The molecule has 124 valence electrons. The number of piperidine rings is 1. The Morgan fingerprint density at radius 1 is 1.41 bits per heavy atom. The lowest BCUT2D eigenvalue weighted by Gasteiger charge is -2.38. The number of rotatable bonds is 6. The van der Waals surface area contributed by atoms with Crippen LogP contribution in [0.4, 0.5) is 0 Å². The number of ketones is 1. The Bertz CT molecular complexity index is 488. The van der Waals surface area contributed by atoms with Crippen LogP contribution in [0.15, 0.2) is 4.99 Å². The van der Waals surface area contributed by atoms with E-state index < -0.39 is 29.2 Å². The highest BCUT2D eigenvalue weighted by atomic mass is 16.2. The number of aliphatic imine (C=N–C) groups is 1. The van der Waals surface area contributed by atoms with Crippen LogP contribution in [-0.4, -0.2) is 53.2 Å². The highest BCUT2D eigenvalue weighted by Gasteiger charge is 2.48. The molecule has 1 unspecified atom stereocenters. The van der Waals surface area contributed by atoms with Crippen LogP contribution in [-0.2, 0) is 9.59 Å². The number of guanidine groups is 2. The number of nitrogens with one attached hydrogen (secondary N) is 1. The van der Waals surface area contributed by atoms with Crippen molar-refractivity contribution in [3.8, 4) is 0 Å². The highest BCUT2D eigenvalue weighted by Crippen LogP contribution is 2.23. The molecule has 22 heavy (non-hydrogen) atoms. The number of nitrogens with two attached hydrogens (primary N) is 5. The van der Waals surface area contributed by atoms with E-state index >= 15 is 0 Å². The number of hydrogen-bond donors (Lipinski definition) is 6. The predicted octanol–water partition coefficient (Wildman–Crippen LogP) is -2.85. The fraction of sp³-hybridized carbons (Fsp3) is 0.667. The molecule has 0 bridgehead atoms. The Balaban J connectivity index is 2.71. The maximum Gasteiger partial charge on any atom is 0.257 e. The third kappa shape index (κ3) is 3.92. The lowest BCUT2D eigenvalue weighted by molar-refractivity contribution is -0.143. The third-order valence-electron chi connectivity index (χ3n) is 3.61. The first-order chi connectivity index (χ1) is 10.2. The molecule has 0 radical (unpaired) electrons. The number of carbonyl (C=O) groups is 2. The molecule has 1 rings (SSSR count). The van der Waals surface area contributed by atoms with Crippen LogP contribution >= 0.6 is 0 Å². The average Bonchev–Trinajstić information content (AvgIpc) is 2.45. The smallest absolute Gasteiger partial charge is 0.257 e. The minimum atomic E-state index is -1.72. The first kappa shape index (κ1) is 17.9. The molecule has 10 nitrogen and oxygen atoms in total. The van der Waals surface area contributed by atoms with Gasteiger partial charge in [-0.05, 0) is 25.7 Å². The largest absolute Gasteiger partial charge is 0.370 e. The molecule has 2 atom stereocenters. The summed E-state index contributed by atoms with van der Waals surface area (Å²) in [5, 5.41) is 7.37. The molecule has 0 aromatic rings. The van der Waals surface area contributed by atoms with E-state index in [2.05, 4.69) is 4.99 Å². The van der Waals surface area contributed by atoms with Crippen molar-refractivity contribution in [2.24, 2.45) is 33.7 Å². The summed E-state index contributed by atoms with van der Waals surface area (Å²) < 4.78 is 0. The van der Waals surface area contributed by atoms with Gasteiger partial charge in [0.1, 0.15) is 0 Å². The van der Waals surface area contributed by atoms with E-state index in [0.717, 1.165) is 4.90 Å². The van der Waals surface area contributed by atoms with Gasteiger partial charge in [-0.3, -0.25) is 24.9 Å². The maximum atomic E-state index is 12.4. The lowest BCUT2D eigenvalue weighted by atomic mass is 9.81. The summed E-state index contributed by atoms with van der Waals surface area (Å²) in [6.07, 6.45) is 1.47. The number of hydrogen-bond acceptors (Lipinski definition) is 6. The zero-order chi connectivity index (χ0) is 16.9. The minimum Gasteiger partial charge on any atom is -0.370 e. The standard InChI is InChI=1S/C12H24N8O2/c13-7(3-1-5-19-10(14)15)8(21)12(18)4-2-6-20(9(12)22)11(16)17/h7H,1-6,13,18H2,(H3,16,17)(H4,14,15,19)/t7-,12?/m0/s1. The molecule has 1 amide bonds. The first-order valence-electron chi connectivity index (χ1n) is 7.00. The van der Waals surface area contributed by atoms with E-state index in [4.69, 9.17) is 34.1 Å². The van der Waals surface area contributed by atoms with Gasteiger partial charge in [-0.2, -0.15) is 0 Å². The van der Waals surface area contributed by atoms with Crippen molar-refractivity contribution < 1.29 is 9.59 Å². The van der Waals surface area contributed by atoms with Crippen molar-refractivity contribution in [3.63, 3.8) is 0 Å². The number of amides is 1. The van der Waals surface area contributed by atoms with Crippen LogP contribution in [0, 0.1) is 5.41 Å². The molecule has 0 aromatic heterocycles. The Hall–Kier alpha value is -2.20. The Morgan fingerprint density at radius 3 is 2.59 bits per heavy atom. The van der Waals surface area contributed by atoms with Gasteiger partial charge in [0.15, 0.2) is 23.2 Å². The van der Waals surface area contributed by atoms with Crippen LogP contribution in [0.1, 0.15) is 25.7 Å². The van der Waals surface area contributed by atoms with E-state index in [9.17, 15) is 9.59 Å². The molecule has 1 fully saturated rings. The normalized spacial score (nSPS) is 23.0. The van der Waals surface area contributed by atoms with E-state index in [1.807, 2.05) is 0 Å². The topological polar surface area (TPSA) is 204 Å². The SMILES string of the molecule is N=C(N)N1CCCC(N)(C(=O)[C@@H](N)CCCN=C(N)N)C1=O. The number of likely N-dealkylation sites (tertiary alicyclic amines) is 1. The van der Waals surface area contributed by atoms with Crippen molar-refractivity contribution in [3.05, 3.63) is 0 Å². The van der Waals surface area contributed by atoms with Gasteiger partial charge in [0.2, 0.25) is 0 Å². The quantitative estimate of drug-likeness (QED) is 0.131. The van der Waals surface area contributed by atoms with Crippen molar-refractivity contribution in [1.82, 2.24) is 4.90 Å². The highest BCUT2D eigenvalue weighted by molar-refractivity contribution is 6.16. The summed E-state index contributed by atoms with van der Waals surface area (Å²) in [7, 11) is 0. The molecule has 0 aromatic carbocycles. The maximum absolute atomic E-state index is 12.4. The van der Waals surface area contributed by atoms with Crippen LogP contribution in [0.5, 0.6) is 0 Å². The third-order valence-corrected chi connectivity index (χ3v) is 3.61. The van der Waals surface area contributed by atoms with E-state index in [1.54, 1.807) is 0 Å². The molecule has 0 aliphatic carbocycles. The monoisotopic (exact) mass is 312 g/mol. The van der Waals surface area contributed by atoms with Crippen LogP contribution in [0.25, 0.3) is 0 Å². The van der Waals surface area contributed by atoms with Crippen LogP contribution in [0.2, 0.25) is 0 Å². The summed E-state index contributed by atoms with van der Waals surface area (Å²) in [5.74, 6) is -1.67. The van der Waals surface area contributed by atoms with E-state index in [0.29, 0.717) is 25.8 Å². The fourth-order valence-electron chi connectivity index (χ4n) is 2.41. The summed E-state index contributed by atoms with van der Waals surface area (Å²) in [5.41, 5.74) is 25.8. The van der Waals surface area contributed by atoms with Crippen molar-refractivity contribution in [2.45, 2.75) is 37.3 Å². The van der Waals surface area contributed by atoms with Gasteiger partial charge >= 0.3 is 0 Å². The number of Topliss-reactive ketones (excluding diaryl/α,β-unsaturated/α-hetero) is 1. The Kier molecular flexibility index (Phi) is 5.83. The second-order valence-corrected chi connectivity index (χ2v) is 5.34. The van der Waals surface area contributed by atoms with Crippen molar-refractivity contribution in [2.75, 3.05) is 13.1 Å². The van der Waals surface area contributed by atoms with Gasteiger partial charge in [-0.1, -0.05) is 0 Å². The lowest BCUT2D eigenvalue weighted by Crippen LogP contribution is -2.68. The minimum absolute atomic E-state index is 0.0326. The molecule has 1 heterocycles. The molecular formula is C12H24N8O2. The first-order valence-corrected chi connectivity index (χ1v) is 7.00. The second-order valence-electron chi connectivity index (χ2n) is 5.34. The average molecular weight is 312 g/mol. The Morgan fingerprint density at radius 2 is 2.05 bits per heavy atom. The molecule has 11 N–H and O–H groups in total.